The van der Waals surface area contributed by atoms with Crippen LogP contribution in [0.1, 0.15) is 36.0 Å². The Balaban J connectivity index is 1.54. The van der Waals surface area contributed by atoms with E-state index in [1.54, 1.807) is 14.2 Å². The van der Waals surface area contributed by atoms with E-state index in [0.717, 1.165) is 36.6 Å². The number of carbonyl (C=O) groups excluding carboxylic acids is 1. The molecular formula is C32H39N3O3. The fraction of sp³-hybridized carbons (Fsp3) is 0.406. The molecule has 6 heteroatoms. The molecule has 38 heavy (non-hydrogen) atoms. The van der Waals surface area contributed by atoms with Crippen LogP contribution >= 0.6 is 0 Å². The van der Waals surface area contributed by atoms with E-state index >= 15 is 0 Å². The van der Waals surface area contributed by atoms with Crippen LogP contribution in [-0.2, 0) is 11.3 Å². The van der Waals surface area contributed by atoms with Gasteiger partial charge >= 0.3 is 0 Å². The van der Waals surface area contributed by atoms with Gasteiger partial charge in [0.05, 0.1) is 20.1 Å². The lowest BCUT2D eigenvalue weighted by Gasteiger charge is -2.56. The smallest absolute Gasteiger partial charge is 0.224 e. The number of carbonyl (C=O) groups is 1. The van der Waals surface area contributed by atoms with Crippen molar-refractivity contribution in [3.05, 3.63) is 95.6 Å². The molecule has 0 aromatic heterocycles. The van der Waals surface area contributed by atoms with Crippen LogP contribution in [0.15, 0.2) is 78.9 Å². The number of benzene rings is 3. The summed E-state index contributed by atoms with van der Waals surface area (Å²) in [6.07, 6.45) is 1.00. The number of fused-ring (bicyclic) bond motifs is 3. The Morgan fingerprint density at radius 1 is 0.974 bits per heavy atom. The maximum Gasteiger partial charge on any atom is 0.224 e. The van der Waals surface area contributed by atoms with Gasteiger partial charge in [-0.25, -0.2) is 0 Å². The summed E-state index contributed by atoms with van der Waals surface area (Å²) in [5.74, 6) is 2.20. The van der Waals surface area contributed by atoms with Gasteiger partial charge in [-0.2, -0.15) is 0 Å². The molecule has 2 N–H and O–H groups in total. The fourth-order valence-corrected chi connectivity index (χ4v) is 6.60. The van der Waals surface area contributed by atoms with Crippen LogP contribution in [0, 0.1) is 11.8 Å². The van der Waals surface area contributed by atoms with Crippen molar-refractivity contribution in [3.8, 4) is 11.5 Å². The summed E-state index contributed by atoms with van der Waals surface area (Å²) in [6.45, 7) is 5.07. The third-order valence-corrected chi connectivity index (χ3v) is 8.31. The SMILES string of the molecule is CCNC(=O)[C@H]1CN2CC[C@@H]1[C@@H](NCc1cc(OC)ccc1OC)[C@H]2C(c1ccccc1)c1ccccc1. The predicted octanol–water partition coefficient (Wildman–Crippen LogP) is 4.45. The van der Waals surface area contributed by atoms with Crippen LogP contribution in [0.2, 0.25) is 0 Å². The van der Waals surface area contributed by atoms with Gasteiger partial charge in [-0.05, 0) is 55.1 Å². The summed E-state index contributed by atoms with van der Waals surface area (Å²) in [4.78, 5) is 15.8. The maximum atomic E-state index is 13.2. The van der Waals surface area contributed by atoms with Gasteiger partial charge < -0.3 is 20.1 Å². The monoisotopic (exact) mass is 513 g/mol. The second-order valence-corrected chi connectivity index (χ2v) is 10.3. The van der Waals surface area contributed by atoms with E-state index in [0.29, 0.717) is 13.1 Å². The van der Waals surface area contributed by atoms with Crippen LogP contribution in [0.4, 0.5) is 0 Å². The molecule has 3 aliphatic rings. The molecule has 0 aliphatic carbocycles. The summed E-state index contributed by atoms with van der Waals surface area (Å²) in [7, 11) is 3.39. The number of amides is 1. The van der Waals surface area contributed by atoms with Crippen molar-refractivity contribution in [2.45, 2.75) is 37.9 Å². The third kappa shape index (κ3) is 5.29. The van der Waals surface area contributed by atoms with Gasteiger partial charge in [0.2, 0.25) is 5.91 Å². The van der Waals surface area contributed by atoms with Gasteiger partial charge in [0.25, 0.3) is 0 Å². The highest BCUT2D eigenvalue weighted by atomic mass is 16.5. The number of piperidine rings is 3. The van der Waals surface area contributed by atoms with E-state index < -0.39 is 0 Å². The molecule has 3 aromatic carbocycles. The van der Waals surface area contributed by atoms with E-state index in [2.05, 4.69) is 76.2 Å². The second-order valence-electron chi connectivity index (χ2n) is 10.3. The molecule has 6 rings (SSSR count). The number of methoxy groups -OCH3 is 2. The minimum atomic E-state index is -0.0307. The Morgan fingerprint density at radius 2 is 1.66 bits per heavy atom. The number of ether oxygens (including phenoxy) is 2. The fourth-order valence-electron chi connectivity index (χ4n) is 6.60. The number of nitrogens with one attached hydrogen (secondary N) is 2. The molecular weight excluding hydrogens is 474 g/mol. The lowest BCUT2D eigenvalue weighted by atomic mass is 9.66. The maximum absolute atomic E-state index is 13.2. The number of hydrogen-bond acceptors (Lipinski definition) is 5. The Kier molecular flexibility index (Phi) is 8.30. The Bertz CT molecular complexity index is 1160. The molecule has 3 aromatic rings. The van der Waals surface area contributed by atoms with Gasteiger partial charge in [0.15, 0.2) is 0 Å². The van der Waals surface area contributed by atoms with E-state index in [1.807, 2.05) is 25.1 Å². The molecule has 6 nitrogen and oxygen atoms in total. The van der Waals surface area contributed by atoms with E-state index in [1.165, 1.54) is 11.1 Å². The largest absolute Gasteiger partial charge is 0.497 e. The highest BCUT2D eigenvalue weighted by Crippen LogP contribution is 2.44. The zero-order valence-electron chi connectivity index (χ0n) is 22.6. The van der Waals surface area contributed by atoms with Crippen molar-refractivity contribution in [1.82, 2.24) is 15.5 Å². The number of hydrogen-bond donors (Lipinski definition) is 2. The highest BCUT2D eigenvalue weighted by Gasteiger charge is 2.52. The second kappa shape index (κ2) is 12.0. The molecule has 0 saturated carbocycles. The Hall–Kier alpha value is -3.35. The summed E-state index contributed by atoms with van der Waals surface area (Å²) in [6, 6.07) is 27.9. The number of nitrogens with zero attached hydrogens (tertiary/aromatic N) is 1. The quantitative estimate of drug-likeness (QED) is 0.420. The van der Waals surface area contributed by atoms with E-state index in [9.17, 15) is 4.79 Å². The van der Waals surface area contributed by atoms with Gasteiger partial charge in [-0.3, -0.25) is 9.69 Å². The van der Waals surface area contributed by atoms with Gasteiger partial charge in [-0.15, -0.1) is 0 Å². The minimum absolute atomic E-state index is 0.0307. The minimum Gasteiger partial charge on any atom is -0.497 e. The molecule has 2 bridgehead atoms. The Labute approximate surface area is 226 Å². The Morgan fingerprint density at radius 3 is 2.26 bits per heavy atom. The topological polar surface area (TPSA) is 62.8 Å². The lowest BCUT2D eigenvalue weighted by Crippen LogP contribution is -2.69. The molecule has 200 valence electrons. The zero-order valence-corrected chi connectivity index (χ0v) is 22.6. The first-order valence-electron chi connectivity index (χ1n) is 13.7. The van der Waals surface area contributed by atoms with E-state index in [-0.39, 0.29) is 35.7 Å². The van der Waals surface area contributed by atoms with Crippen molar-refractivity contribution >= 4 is 5.91 Å². The standard InChI is InChI=1S/C32H39N3O3/c1-4-33-32(36)27-21-35-18-17-26(27)30(34-20-24-19-25(37-2)15-16-28(24)38-3)31(35)29(22-11-7-5-8-12-22)23-13-9-6-10-14-23/h5-16,19,26-27,29-31,34H,4,17-18,20-21H2,1-3H3,(H,33,36)/t26-,27-,30+,31+/m0/s1. The highest BCUT2D eigenvalue weighted by molar-refractivity contribution is 5.79. The van der Waals surface area contributed by atoms with Crippen molar-refractivity contribution in [2.24, 2.45) is 11.8 Å². The first-order chi connectivity index (χ1) is 18.6. The van der Waals surface area contributed by atoms with Crippen molar-refractivity contribution in [1.29, 1.82) is 0 Å². The summed E-state index contributed by atoms with van der Waals surface area (Å²) >= 11 is 0. The van der Waals surface area contributed by atoms with Crippen LogP contribution in [-0.4, -0.2) is 56.7 Å². The summed E-state index contributed by atoms with van der Waals surface area (Å²) in [5.41, 5.74) is 3.65. The summed E-state index contributed by atoms with van der Waals surface area (Å²) in [5, 5.41) is 7.04. The van der Waals surface area contributed by atoms with Crippen LogP contribution in [0.3, 0.4) is 0 Å². The van der Waals surface area contributed by atoms with Crippen LogP contribution in [0.25, 0.3) is 0 Å². The molecule has 0 spiro atoms. The normalized spacial score (nSPS) is 24.3. The lowest BCUT2D eigenvalue weighted by molar-refractivity contribution is -0.135. The molecule has 3 saturated heterocycles. The summed E-state index contributed by atoms with van der Waals surface area (Å²) < 4.78 is 11.2. The van der Waals surface area contributed by atoms with Crippen molar-refractivity contribution < 1.29 is 14.3 Å². The van der Waals surface area contributed by atoms with Gasteiger partial charge in [0, 0.05) is 43.2 Å². The van der Waals surface area contributed by atoms with Crippen LogP contribution < -0.4 is 20.1 Å². The zero-order chi connectivity index (χ0) is 26.5. The van der Waals surface area contributed by atoms with E-state index in [4.69, 9.17) is 9.47 Å². The first kappa shape index (κ1) is 26.3. The molecule has 3 fully saturated rings. The average Bonchev–Trinajstić information content (AvgIpc) is 2.98. The number of rotatable bonds is 10. The third-order valence-electron chi connectivity index (χ3n) is 8.31. The first-order valence-corrected chi connectivity index (χ1v) is 13.7. The molecule has 3 aliphatic heterocycles. The molecule has 0 radical (unpaired) electrons. The average molecular weight is 514 g/mol. The van der Waals surface area contributed by atoms with Gasteiger partial charge in [-0.1, -0.05) is 60.7 Å². The van der Waals surface area contributed by atoms with Crippen LogP contribution in [0.5, 0.6) is 11.5 Å². The predicted molar refractivity (Wildman–Crippen MR) is 151 cm³/mol. The van der Waals surface area contributed by atoms with Crippen molar-refractivity contribution in [3.63, 3.8) is 0 Å². The molecule has 3 heterocycles. The van der Waals surface area contributed by atoms with Gasteiger partial charge in [0.1, 0.15) is 11.5 Å². The molecule has 5 atom stereocenters. The van der Waals surface area contributed by atoms with Crippen molar-refractivity contribution in [2.75, 3.05) is 33.9 Å². The molecule has 1 amide bonds. The molecule has 1 unspecified atom stereocenters.